The van der Waals surface area contributed by atoms with Gasteiger partial charge in [-0.15, -0.1) is 0 Å². The number of hydrogen-bond donors (Lipinski definition) is 0. The first-order valence-corrected chi connectivity index (χ1v) is 13.3. The normalized spacial score (nSPS) is 13.1. The van der Waals surface area contributed by atoms with Gasteiger partial charge in [0.15, 0.2) is 5.82 Å². The van der Waals surface area contributed by atoms with Crippen molar-refractivity contribution in [3.05, 3.63) is 139 Å². The zero-order valence-electron chi connectivity index (χ0n) is 22.0. The molecule has 0 saturated carbocycles. The van der Waals surface area contributed by atoms with Crippen molar-refractivity contribution in [2.45, 2.75) is 19.3 Å². The first-order valence-electron chi connectivity index (χ1n) is 13.3. The number of aromatic nitrogens is 3. The van der Waals surface area contributed by atoms with Gasteiger partial charge in [-0.05, 0) is 51.6 Å². The monoisotopic (exact) mass is 501 g/mol. The molecule has 39 heavy (non-hydrogen) atoms. The Balaban J connectivity index is 1.35. The standard InChI is InChI=1S/C36H27N3/c1-36(2)31-13-7-6-12-29(31)30-19-18-27(21-32(30)36)34-22-33(25-9-4-3-5-10-25)38-35(39-34)26-16-14-24(15-17-26)28-11-8-20-37-23-28/h3-23H,1-2H3. The molecule has 7 rings (SSSR count). The molecule has 0 fully saturated rings. The fraction of sp³-hybridized carbons (Fsp3) is 0.0833. The second-order valence-electron chi connectivity index (χ2n) is 10.6. The summed E-state index contributed by atoms with van der Waals surface area (Å²) in [7, 11) is 0. The van der Waals surface area contributed by atoms with E-state index in [1.807, 2.05) is 18.3 Å². The number of hydrogen-bond acceptors (Lipinski definition) is 3. The van der Waals surface area contributed by atoms with E-state index in [2.05, 4.69) is 122 Å². The van der Waals surface area contributed by atoms with Crippen molar-refractivity contribution in [2.24, 2.45) is 0 Å². The van der Waals surface area contributed by atoms with Gasteiger partial charge in [0, 0.05) is 34.5 Å². The molecule has 0 saturated heterocycles. The topological polar surface area (TPSA) is 38.7 Å². The van der Waals surface area contributed by atoms with E-state index in [1.165, 1.54) is 22.3 Å². The van der Waals surface area contributed by atoms with Gasteiger partial charge in [0.1, 0.15) is 0 Å². The highest BCUT2D eigenvalue weighted by Gasteiger charge is 2.35. The second-order valence-corrected chi connectivity index (χ2v) is 10.6. The summed E-state index contributed by atoms with van der Waals surface area (Å²) in [6.07, 6.45) is 3.67. The van der Waals surface area contributed by atoms with E-state index < -0.39 is 0 Å². The Hall–Kier alpha value is -4.89. The van der Waals surface area contributed by atoms with Gasteiger partial charge in [-0.2, -0.15) is 0 Å². The van der Waals surface area contributed by atoms with E-state index in [0.29, 0.717) is 5.82 Å². The lowest BCUT2D eigenvalue weighted by molar-refractivity contribution is 0.660. The lowest BCUT2D eigenvalue weighted by Gasteiger charge is -2.22. The summed E-state index contributed by atoms with van der Waals surface area (Å²) in [4.78, 5) is 14.4. The predicted octanol–water partition coefficient (Wildman–Crippen LogP) is 8.85. The Morgan fingerprint density at radius 3 is 1.90 bits per heavy atom. The van der Waals surface area contributed by atoms with E-state index in [-0.39, 0.29) is 5.41 Å². The van der Waals surface area contributed by atoms with Crippen LogP contribution >= 0.6 is 0 Å². The largest absolute Gasteiger partial charge is 0.264 e. The predicted molar refractivity (Wildman–Crippen MR) is 159 cm³/mol. The second kappa shape index (κ2) is 9.14. The maximum Gasteiger partial charge on any atom is 0.160 e. The number of fused-ring (bicyclic) bond motifs is 3. The van der Waals surface area contributed by atoms with Crippen molar-refractivity contribution in [3.63, 3.8) is 0 Å². The zero-order chi connectivity index (χ0) is 26.4. The van der Waals surface area contributed by atoms with Crippen molar-refractivity contribution in [1.82, 2.24) is 15.0 Å². The van der Waals surface area contributed by atoms with Crippen molar-refractivity contribution >= 4 is 0 Å². The first-order chi connectivity index (χ1) is 19.1. The summed E-state index contributed by atoms with van der Waals surface area (Å²) >= 11 is 0. The van der Waals surface area contributed by atoms with Gasteiger partial charge in [0.05, 0.1) is 11.4 Å². The molecule has 0 unspecified atom stereocenters. The summed E-state index contributed by atoms with van der Waals surface area (Å²) < 4.78 is 0. The van der Waals surface area contributed by atoms with E-state index in [4.69, 9.17) is 9.97 Å². The Morgan fingerprint density at radius 2 is 1.13 bits per heavy atom. The van der Waals surface area contributed by atoms with Crippen molar-refractivity contribution in [1.29, 1.82) is 0 Å². The maximum absolute atomic E-state index is 5.10. The summed E-state index contributed by atoms with van der Waals surface area (Å²) in [6.45, 7) is 4.62. The molecular formula is C36H27N3. The third-order valence-corrected chi connectivity index (χ3v) is 7.81. The minimum Gasteiger partial charge on any atom is -0.264 e. The van der Waals surface area contributed by atoms with Crippen LogP contribution in [0.5, 0.6) is 0 Å². The van der Waals surface area contributed by atoms with Crippen LogP contribution in [-0.2, 0) is 5.41 Å². The molecule has 3 nitrogen and oxygen atoms in total. The Morgan fingerprint density at radius 1 is 0.487 bits per heavy atom. The van der Waals surface area contributed by atoms with Gasteiger partial charge >= 0.3 is 0 Å². The molecule has 0 aliphatic heterocycles. The summed E-state index contributed by atoms with van der Waals surface area (Å²) in [5.41, 5.74) is 12.5. The molecule has 0 spiro atoms. The van der Waals surface area contributed by atoms with Crippen molar-refractivity contribution < 1.29 is 0 Å². The lowest BCUT2D eigenvalue weighted by Crippen LogP contribution is -2.14. The summed E-state index contributed by atoms with van der Waals surface area (Å²) in [6, 6.07) is 40.4. The highest BCUT2D eigenvalue weighted by atomic mass is 14.9. The first kappa shape index (κ1) is 23.2. The highest BCUT2D eigenvalue weighted by molar-refractivity contribution is 5.84. The SMILES string of the molecule is CC1(C)c2ccccc2-c2ccc(-c3cc(-c4ccccc4)nc(-c4ccc(-c5cccnc5)cc4)n3)cc21. The molecule has 0 amide bonds. The Bertz CT molecular complexity index is 1810. The van der Waals surface area contributed by atoms with Gasteiger partial charge in [-0.25, -0.2) is 9.97 Å². The molecule has 0 atom stereocenters. The van der Waals surface area contributed by atoms with Gasteiger partial charge in [0.2, 0.25) is 0 Å². The molecule has 0 N–H and O–H groups in total. The smallest absolute Gasteiger partial charge is 0.160 e. The average Bonchev–Trinajstić information content (AvgIpc) is 3.24. The fourth-order valence-corrected chi connectivity index (χ4v) is 5.69. The summed E-state index contributed by atoms with van der Waals surface area (Å²) in [5.74, 6) is 0.715. The Kier molecular flexibility index (Phi) is 5.45. The van der Waals surface area contributed by atoms with Gasteiger partial charge < -0.3 is 0 Å². The van der Waals surface area contributed by atoms with Crippen LogP contribution in [0.25, 0.3) is 56.2 Å². The van der Waals surface area contributed by atoms with Crippen LogP contribution < -0.4 is 0 Å². The number of nitrogens with zero attached hydrogens (tertiary/aromatic N) is 3. The maximum atomic E-state index is 5.10. The van der Waals surface area contributed by atoms with Gasteiger partial charge in [-0.1, -0.05) is 111 Å². The minimum absolute atomic E-state index is 0.0673. The minimum atomic E-state index is -0.0673. The number of benzene rings is 4. The molecule has 1 aliphatic carbocycles. The highest BCUT2D eigenvalue weighted by Crippen LogP contribution is 2.49. The molecule has 0 bridgehead atoms. The number of pyridine rings is 1. The van der Waals surface area contributed by atoms with E-state index >= 15 is 0 Å². The molecule has 6 aromatic rings. The Labute approximate surface area is 228 Å². The average molecular weight is 502 g/mol. The van der Waals surface area contributed by atoms with Crippen LogP contribution in [-0.4, -0.2) is 15.0 Å². The molecule has 0 radical (unpaired) electrons. The zero-order valence-corrected chi connectivity index (χ0v) is 22.0. The van der Waals surface area contributed by atoms with Crippen LogP contribution in [0.15, 0.2) is 128 Å². The fourth-order valence-electron chi connectivity index (χ4n) is 5.69. The van der Waals surface area contributed by atoms with Crippen LogP contribution in [0, 0.1) is 0 Å². The summed E-state index contributed by atoms with van der Waals surface area (Å²) in [5, 5.41) is 0. The van der Waals surface area contributed by atoms with Gasteiger partial charge in [0.25, 0.3) is 0 Å². The molecule has 2 aromatic heterocycles. The van der Waals surface area contributed by atoms with Crippen LogP contribution in [0.1, 0.15) is 25.0 Å². The van der Waals surface area contributed by atoms with Crippen LogP contribution in [0.3, 0.4) is 0 Å². The van der Waals surface area contributed by atoms with E-state index in [0.717, 1.165) is 39.2 Å². The molecule has 4 aromatic carbocycles. The third kappa shape index (κ3) is 4.04. The van der Waals surface area contributed by atoms with Crippen LogP contribution in [0.2, 0.25) is 0 Å². The molecule has 1 aliphatic rings. The molecular weight excluding hydrogens is 474 g/mol. The van der Waals surface area contributed by atoms with E-state index in [9.17, 15) is 0 Å². The van der Waals surface area contributed by atoms with Crippen LogP contribution in [0.4, 0.5) is 0 Å². The molecule has 186 valence electrons. The van der Waals surface area contributed by atoms with Crippen molar-refractivity contribution in [2.75, 3.05) is 0 Å². The van der Waals surface area contributed by atoms with E-state index in [1.54, 1.807) is 6.20 Å². The van der Waals surface area contributed by atoms with Gasteiger partial charge in [-0.3, -0.25) is 4.98 Å². The quantitative estimate of drug-likeness (QED) is 0.242. The number of rotatable bonds is 4. The van der Waals surface area contributed by atoms with Crippen molar-refractivity contribution in [3.8, 4) is 56.2 Å². The lowest BCUT2D eigenvalue weighted by atomic mass is 9.82. The molecule has 3 heteroatoms. The third-order valence-electron chi connectivity index (χ3n) is 7.81. The molecule has 2 heterocycles.